The normalized spacial score (nSPS) is 9.00. The van der Waals surface area contributed by atoms with Gasteiger partial charge in [0.25, 0.3) is 0 Å². The molecule has 1 aromatic carbocycles. The SMILES string of the molecule is N#CC#N.N#Cc1sc2c(=O)c3ccccc3c(=O)c=2sc1C#N. The number of hydrogen-bond acceptors (Lipinski definition) is 8. The first kappa shape index (κ1) is 16.8. The van der Waals surface area contributed by atoms with Crippen molar-refractivity contribution in [1.29, 1.82) is 21.0 Å². The molecule has 0 saturated carbocycles. The average molecular weight is 348 g/mol. The molecule has 112 valence electrons. The van der Waals surface area contributed by atoms with Crippen LogP contribution >= 0.6 is 22.7 Å². The lowest BCUT2D eigenvalue weighted by molar-refractivity contribution is 1.49. The zero-order valence-corrected chi connectivity index (χ0v) is 13.4. The summed E-state index contributed by atoms with van der Waals surface area (Å²) in [6, 6.07) is 12.8. The zero-order valence-electron chi connectivity index (χ0n) is 11.7. The van der Waals surface area contributed by atoms with Crippen molar-refractivity contribution in [3.8, 4) is 24.3 Å². The van der Waals surface area contributed by atoms with E-state index in [2.05, 4.69) is 0 Å². The van der Waals surface area contributed by atoms with Gasteiger partial charge in [-0.05, 0) is 0 Å². The van der Waals surface area contributed by atoms with Crippen molar-refractivity contribution in [1.82, 2.24) is 0 Å². The van der Waals surface area contributed by atoms with Gasteiger partial charge in [0.15, 0.2) is 12.1 Å². The number of hydrogen-bond donors (Lipinski definition) is 0. The van der Waals surface area contributed by atoms with Crippen LogP contribution < -0.4 is 10.9 Å². The van der Waals surface area contributed by atoms with Gasteiger partial charge in [-0.25, -0.2) is 0 Å². The summed E-state index contributed by atoms with van der Waals surface area (Å²) in [6.07, 6.45) is 0. The summed E-state index contributed by atoms with van der Waals surface area (Å²) in [6.45, 7) is 0. The molecule has 8 heteroatoms. The van der Waals surface area contributed by atoms with E-state index >= 15 is 0 Å². The van der Waals surface area contributed by atoms with Crippen LogP contribution in [0.5, 0.6) is 0 Å². The molecule has 0 spiro atoms. The lowest BCUT2D eigenvalue weighted by Crippen LogP contribution is -2.13. The van der Waals surface area contributed by atoms with Crippen molar-refractivity contribution in [2.75, 3.05) is 0 Å². The minimum absolute atomic E-state index is 0.164. The third-order valence-electron chi connectivity index (χ3n) is 2.90. The van der Waals surface area contributed by atoms with E-state index in [9.17, 15) is 9.59 Å². The van der Waals surface area contributed by atoms with Crippen LogP contribution in [0.4, 0.5) is 0 Å². The summed E-state index contributed by atoms with van der Waals surface area (Å²) in [4.78, 5) is 25.1. The molecule has 1 heterocycles. The molecule has 0 bridgehead atoms. The lowest BCUT2D eigenvalue weighted by atomic mass is 10.1. The molecule has 0 saturated heterocycles. The lowest BCUT2D eigenvalue weighted by Gasteiger charge is -1.98. The van der Waals surface area contributed by atoms with Crippen molar-refractivity contribution in [2.45, 2.75) is 0 Å². The maximum atomic E-state index is 12.4. The predicted octanol–water partition coefficient (Wildman–Crippen LogP) is 2.18. The largest absolute Gasteiger partial charge is 0.288 e. The van der Waals surface area contributed by atoms with Gasteiger partial charge in [0.05, 0.1) is 9.06 Å². The van der Waals surface area contributed by atoms with Crippen molar-refractivity contribution in [3.63, 3.8) is 0 Å². The molecule has 0 fully saturated rings. The van der Waals surface area contributed by atoms with Crippen molar-refractivity contribution < 1.29 is 0 Å². The molecular weight excluding hydrogens is 344 g/mol. The number of fused-ring (bicyclic) bond motifs is 1. The van der Waals surface area contributed by atoms with E-state index in [0.29, 0.717) is 10.8 Å². The Balaban J connectivity index is 0.000000471. The Bertz CT molecular complexity index is 1190. The molecule has 0 amide bonds. The maximum Gasteiger partial charge on any atom is 0.205 e. The van der Waals surface area contributed by atoms with E-state index in [0.717, 1.165) is 22.7 Å². The predicted molar refractivity (Wildman–Crippen MR) is 88.2 cm³/mol. The second-order valence-corrected chi connectivity index (χ2v) is 6.21. The first-order valence-electron chi connectivity index (χ1n) is 6.20. The minimum atomic E-state index is -0.266. The van der Waals surface area contributed by atoms with Gasteiger partial charge in [-0.3, -0.25) is 9.59 Å². The summed E-state index contributed by atoms with van der Waals surface area (Å²) in [5.74, 6) is 0. The van der Waals surface area contributed by atoms with Crippen LogP contribution in [0.3, 0.4) is 0 Å². The zero-order chi connectivity index (χ0) is 17.7. The molecule has 0 radical (unpaired) electrons. The summed E-state index contributed by atoms with van der Waals surface area (Å²) in [7, 11) is 0. The summed E-state index contributed by atoms with van der Waals surface area (Å²) in [5.41, 5.74) is -0.533. The van der Waals surface area contributed by atoms with Crippen molar-refractivity contribution in [3.05, 3.63) is 63.5 Å². The molecule has 1 aromatic rings. The van der Waals surface area contributed by atoms with E-state index in [1.54, 1.807) is 24.3 Å². The topological polar surface area (TPSA) is 129 Å². The highest BCUT2D eigenvalue weighted by Crippen LogP contribution is 2.20. The summed E-state index contributed by atoms with van der Waals surface area (Å²) < 4.78 is 0.489. The van der Waals surface area contributed by atoms with Gasteiger partial charge in [0.2, 0.25) is 10.9 Å². The Labute approximate surface area is 142 Å². The minimum Gasteiger partial charge on any atom is -0.288 e. The van der Waals surface area contributed by atoms with Gasteiger partial charge in [0.1, 0.15) is 21.9 Å². The molecule has 0 aromatic heterocycles. The first-order chi connectivity index (χ1) is 11.6. The van der Waals surface area contributed by atoms with Crippen LogP contribution in [-0.4, -0.2) is 0 Å². The fourth-order valence-corrected chi connectivity index (χ4v) is 4.01. The number of benzene rings is 1. The molecule has 1 aliphatic carbocycles. The highest BCUT2D eigenvalue weighted by molar-refractivity contribution is 7.18. The van der Waals surface area contributed by atoms with Gasteiger partial charge in [-0.2, -0.15) is 21.0 Å². The second-order valence-electron chi connectivity index (χ2n) is 4.17. The van der Waals surface area contributed by atoms with Gasteiger partial charge < -0.3 is 0 Å². The van der Waals surface area contributed by atoms with Crippen LogP contribution in [0.15, 0.2) is 33.9 Å². The molecule has 0 N–H and O–H groups in total. The van der Waals surface area contributed by atoms with Crippen LogP contribution in [0, 0.1) is 54.4 Å². The monoisotopic (exact) mass is 348 g/mol. The van der Waals surface area contributed by atoms with Crippen LogP contribution in [-0.2, 0) is 0 Å². The number of nitrogens with zero attached hydrogens (tertiary/aromatic N) is 4. The second kappa shape index (κ2) is 7.13. The maximum absolute atomic E-state index is 12.4. The van der Waals surface area contributed by atoms with Crippen LogP contribution in [0.25, 0.3) is 10.8 Å². The highest BCUT2D eigenvalue weighted by atomic mass is 32.1. The van der Waals surface area contributed by atoms with Gasteiger partial charge >= 0.3 is 0 Å². The van der Waals surface area contributed by atoms with Crippen molar-refractivity contribution in [2.24, 2.45) is 0 Å². The molecule has 6 nitrogen and oxygen atoms in total. The fourth-order valence-electron chi connectivity index (χ4n) is 1.96. The van der Waals surface area contributed by atoms with Gasteiger partial charge in [0, 0.05) is 10.8 Å². The quantitative estimate of drug-likeness (QED) is 0.612. The molecule has 0 unspecified atom stereocenters. The molecule has 24 heavy (non-hydrogen) atoms. The third-order valence-corrected chi connectivity index (χ3v) is 5.35. The van der Waals surface area contributed by atoms with E-state index in [1.807, 2.05) is 12.1 Å². The van der Waals surface area contributed by atoms with Gasteiger partial charge in [-0.1, -0.05) is 24.3 Å². The summed E-state index contributed by atoms with van der Waals surface area (Å²) >= 11 is 1.82. The van der Waals surface area contributed by atoms with Crippen LogP contribution in [0.2, 0.25) is 0 Å². The van der Waals surface area contributed by atoms with Gasteiger partial charge in [-0.15, -0.1) is 22.7 Å². The van der Waals surface area contributed by atoms with E-state index in [-0.39, 0.29) is 29.7 Å². The Kier molecular flexibility index (Phi) is 5.00. The highest BCUT2D eigenvalue weighted by Gasteiger charge is 2.12. The smallest absolute Gasteiger partial charge is 0.205 e. The number of nitriles is 4. The molecule has 3 rings (SSSR count). The first-order valence-corrected chi connectivity index (χ1v) is 7.83. The standard InChI is InChI=1S/C14H4N2O2S2.C2N2/c15-5-9-10(6-16)20-14-12(18)8-4-2-1-3-7(8)11(17)13(14)19-9;3-1-2-4/h1-4H;. The summed E-state index contributed by atoms with van der Waals surface area (Å²) in [5, 5.41) is 33.3. The van der Waals surface area contributed by atoms with Crippen LogP contribution in [0.1, 0.15) is 9.75 Å². The molecule has 0 atom stereocenters. The van der Waals surface area contributed by atoms with E-state index in [1.165, 1.54) is 12.1 Å². The van der Waals surface area contributed by atoms with E-state index < -0.39 is 0 Å². The van der Waals surface area contributed by atoms with E-state index in [4.69, 9.17) is 21.0 Å². The molecule has 1 aliphatic heterocycles. The Hall–Kier alpha value is -3.56. The Morgan fingerprint density at radius 1 is 0.708 bits per heavy atom. The molecular formula is C16H4N4O2S2. The van der Waals surface area contributed by atoms with Crippen molar-refractivity contribution >= 4 is 33.4 Å². The Morgan fingerprint density at radius 3 is 1.38 bits per heavy atom. The average Bonchev–Trinajstić information content (AvgIpc) is 2.65. The number of rotatable bonds is 0. The molecule has 2 aliphatic rings. The third kappa shape index (κ3) is 2.84. The Morgan fingerprint density at radius 2 is 1.08 bits per heavy atom. The fraction of sp³-hybridized carbons (Fsp3) is 0.